The van der Waals surface area contributed by atoms with Gasteiger partial charge in [0.25, 0.3) is 0 Å². The van der Waals surface area contributed by atoms with Gasteiger partial charge in [-0.15, -0.1) is 5.10 Å². The van der Waals surface area contributed by atoms with Crippen molar-refractivity contribution in [3.05, 3.63) is 42.7 Å². The normalized spacial score (nSPS) is 19.7. The molecule has 7 nitrogen and oxygen atoms in total. The van der Waals surface area contributed by atoms with Gasteiger partial charge in [-0.1, -0.05) is 6.07 Å². The zero-order chi connectivity index (χ0) is 19.5. The summed E-state index contributed by atoms with van der Waals surface area (Å²) in [6.07, 6.45) is 8.01. The van der Waals surface area contributed by atoms with Crippen LogP contribution in [0, 0.1) is 0 Å². The first kappa shape index (κ1) is 18.6. The molecule has 0 radical (unpaired) electrons. The van der Waals surface area contributed by atoms with E-state index in [1.807, 2.05) is 50.4 Å². The molecular formula is C21H28N6O. The molecule has 28 heavy (non-hydrogen) atoms. The van der Waals surface area contributed by atoms with Crippen molar-refractivity contribution in [2.45, 2.75) is 57.7 Å². The molecule has 4 rings (SSSR count). The number of hydrogen-bond donors (Lipinski definition) is 3. The lowest BCUT2D eigenvalue weighted by Gasteiger charge is -2.27. The second-order valence-corrected chi connectivity index (χ2v) is 7.71. The molecule has 7 heteroatoms. The second-order valence-electron chi connectivity index (χ2n) is 7.71. The van der Waals surface area contributed by atoms with E-state index in [0.29, 0.717) is 12.1 Å². The van der Waals surface area contributed by atoms with E-state index < -0.39 is 0 Å². The highest BCUT2D eigenvalue weighted by atomic mass is 16.5. The van der Waals surface area contributed by atoms with Crippen LogP contribution in [0.15, 0.2) is 42.7 Å². The first-order valence-corrected chi connectivity index (χ1v) is 9.97. The molecule has 0 spiro atoms. The monoisotopic (exact) mass is 380 g/mol. The number of nitrogens with one attached hydrogen (secondary N) is 2. The maximum Gasteiger partial charge on any atom is 0.177 e. The van der Waals surface area contributed by atoms with Crippen LogP contribution in [0.5, 0.6) is 5.75 Å². The number of hydrogen-bond acceptors (Lipinski definition) is 6. The number of ether oxygens (including phenoxy) is 1. The van der Waals surface area contributed by atoms with E-state index >= 15 is 0 Å². The molecule has 0 saturated heterocycles. The molecule has 1 saturated carbocycles. The molecule has 1 aliphatic rings. The summed E-state index contributed by atoms with van der Waals surface area (Å²) in [7, 11) is 0. The van der Waals surface area contributed by atoms with Gasteiger partial charge in [0, 0.05) is 42.3 Å². The van der Waals surface area contributed by atoms with Gasteiger partial charge >= 0.3 is 0 Å². The molecule has 0 bridgehead atoms. The molecular weight excluding hydrogens is 352 g/mol. The summed E-state index contributed by atoms with van der Waals surface area (Å²) in [5, 5.41) is 11.7. The molecule has 3 aromatic rings. The number of nitrogens with two attached hydrogens (primary N) is 1. The Kier molecular flexibility index (Phi) is 5.34. The van der Waals surface area contributed by atoms with Crippen molar-refractivity contribution in [2.24, 2.45) is 5.73 Å². The van der Waals surface area contributed by atoms with Gasteiger partial charge in [0.15, 0.2) is 5.65 Å². The maximum absolute atomic E-state index is 6.03. The van der Waals surface area contributed by atoms with E-state index in [1.165, 1.54) is 0 Å². The Morgan fingerprint density at radius 3 is 2.79 bits per heavy atom. The van der Waals surface area contributed by atoms with Gasteiger partial charge < -0.3 is 21.1 Å². The van der Waals surface area contributed by atoms with Gasteiger partial charge in [-0.2, -0.15) is 0 Å². The third-order valence-corrected chi connectivity index (χ3v) is 4.97. The lowest BCUT2D eigenvalue weighted by molar-refractivity contribution is 0.242. The second kappa shape index (κ2) is 8.06. The van der Waals surface area contributed by atoms with E-state index in [4.69, 9.17) is 10.5 Å². The van der Waals surface area contributed by atoms with Gasteiger partial charge in [0.1, 0.15) is 11.6 Å². The highest BCUT2D eigenvalue weighted by molar-refractivity contribution is 5.76. The number of rotatable bonds is 6. The van der Waals surface area contributed by atoms with Crippen LogP contribution < -0.4 is 21.1 Å². The standard InChI is InChI=1S/C21H28N6O/c1-14(2)28-18-5-3-4-17(12-18)24-19-13-20(26-27-11-10-23-21(19)27)25-16-8-6-15(22)7-9-16/h3-5,10-16,24H,6-9,22H2,1-2H3,(H,25,26). The minimum absolute atomic E-state index is 0.134. The summed E-state index contributed by atoms with van der Waals surface area (Å²) in [6, 6.07) is 10.7. The van der Waals surface area contributed by atoms with Crippen molar-refractivity contribution >= 4 is 22.8 Å². The Labute approximate surface area is 165 Å². The Bertz CT molecular complexity index is 930. The Balaban J connectivity index is 1.57. The minimum atomic E-state index is 0.134. The van der Waals surface area contributed by atoms with Crippen molar-refractivity contribution < 1.29 is 4.74 Å². The van der Waals surface area contributed by atoms with Crippen molar-refractivity contribution in [2.75, 3.05) is 10.6 Å². The van der Waals surface area contributed by atoms with E-state index in [2.05, 4.69) is 20.7 Å². The first-order valence-electron chi connectivity index (χ1n) is 9.97. The van der Waals surface area contributed by atoms with Crippen molar-refractivity contribution in [3.8, 4) is 5.75 Å². The molecule has 0 amide bonds. The molecule has 2 aromatic heterocycles. The van der Waals surface area contributed by atoms with Crippen LogP contribution in [-0.2, 0) is 0 Å². The maximum atomic E-state index is 6.03. The summed E-state index contributed by atoms with van der Waals surface area (Å²) >= 11 is 0. The third-order valence-electron chi connectivity index (χ3n) is 4.97. The molecule has 0 atom stereocenters. The summed E-state index contributed by atoms with van der Waals surface area (Å²) < 4.78 is 7.60. The summed E-state index contributed by atoms with van der Waals surface area (Å²) in [5.74, 6) is 1.67. The zero-order valence-corrected chi connectivity index (χ0v) is 16.4. The quantitative estimate of drug-likeness (QED) is 0.600. The van der Waals surface area contributed by atoms with Crippen molar-refractivity contribution in [1.29, 1.82) is 0 Å². The number of imidazole rings is 1. The minimum Gasteiger partial charge on any atom is -0.491 e. The van der Waals surface area contributed by atoms with Crippen LogP contribution >= 0.6 is 0 Å². The highest BCUT2D eigenvalue weighted by Gasteiger charge is 2.19. The summed E-state index contributed by atoms with van der Waals surface area (Å²) in [5.41, 5.74) is 8.66. The number of fused-ring (bicyclic) bond motifs is 1. The fourth-order valence-corrected chi connectivity index (χ4v) is 3.63. The van der Waals surface area contributed by atoms with Gasteiger partial charge in [-0.05, 0) is 51.7 Å². The number of nitrogens with zero attached hydrogens (tertiary/aromatic N) is 3. The largest absolute Gasteiger partial charge is 0.491 e. The van der Waals surface area contributed by atoms with Gasteiger partial charge in [-0.25, -0.2) is 9.50 Å². The molecule has 148 valence electrons. The van der Waals surface area contributed by atoms with Gasteiger partial charge in [0.05, 0.1) is 11.8 Å². The predicted octanol–water partition coefficient (Wildman–Crippen LogP) is 3.94. The molecule has 1 aromatic carbocycles. The van der Waals surface area contributed by atoms with Gasteiger partial charge in [-0.3, -0.25) is 0 Å². The molecule has 2 heterocycles. The van der Waals surface area contributed by atoms with Crippen LogP contribution in [0.1, 0.15) is 39.5 Å². The fraction of sp³-hybridized carbons (Fsp3) is 0.429. The number of benzene rings is 1. The Morgan fingerprint density at radius 1 is 1.18 bits per heavy atom. The average molecular weight is 380 g/mol. The fourth-order valence-electron chi connectivity index (χ4n) is 3.63. The van der Waals surface area contributed by atoms with E-state index in [-0.39, 0.29) is 6.10 Å². The lowest BCUT2D eigenvalue weighted by Crippen LogP contribution is -2.33. The van der Waals surface area contributed by atoms with Crippen LogP contribution in [0.25, 0.3) is 5.65 Å². The Morgan fingerprint density at radius 2 is 2.00 bits per heavy atom. The number of anilines is 3. The third kappa shape index (κ3) is 4.36. The van der Waals surface area contributed by atoms with Crippen LogP contribution in [0.3, 0.4) is 0 Å². The number of aromatic nitrogens is 3. The van der Waals surface area contributed by atoms with E-state index in [0.717, 1.165) is 54.3 Å². The smallest absolute Gasteiger partial charge is 0.177 e. The zero-order valence-electron chi connectivity index (χ0n) is 16.4. The predicted molar refractivity (Wildman–Crippen MR) is 112 cm³/mol. The first-order chi connectivity index (χ1) is 13.6. The SMILES string of the molecule is CC(C)Oc1cccc(Nc2cc(NC3CCC(N)CC3)nn3ccnc23)c1. The van der Waals surface area contributed by atoms with Gasteiger partial charge in [0.2, 0.25) is 0 Å². The van der Waals surface area contributed by atoms with E-state index in [9.17, 15) is 0 Å². The molecule has 0 aliphatic heterocycles. The average Bonchev–Trinajstić information content (AvgIpc) is 3.12. The van der Waals surface area contributed by atoms with Crippen LogP contribution in [-0.4, -0.2) is 32.8 Å². The summed E-state index contributed by atoms with van der Waals surface area (Å²) in [4.78, 5) is 4.45. The lowest BCUT2D eigenvalue weighted by atomic mass is 9.92. The highest BCUT2D eigenvalue weighted by Crippen LogP contribution is 2.27. The molecule has 0 unspecified atom stereocenters. The van der Waals surface area contributed by atoms with Crippen LogP contribution in [0.4, 0.5) is 17.2 Å². The van der Waals surface area contributed by atoms with Crippen LogP contribution in [0.2, 0.25) is 0 Å². The topological polar surface area (TPSA) is 89.5 Å². The molecule has 1 aliphatic carbocycles. The van der Waals surface area contributed by atoms with E-state index in [1.54, 1.807) is 10.7 Å². The Hall–Kier alpha value is -2.80. The molecule has 4 N–H and O–H groups in total. The van der Waals surface area contributed by atoms with Crippen molar-refractivity contribution in [1.82, 2.24) is 14.6 Å². The van der Waals surface area contributed by atoms with Crippen molar-refractivity contribution in [3.63, 3.8) is 0 Å². The molecule has 1 fully saturated rings. The summed E-state index contributed by atoms with van der Waals surface area (Å²) in [6.45, 7) is 4.04.